The zero-order valence-electron chi connectivity index (χ0n) is 9.50. The van der Waals surface area contributed by atoms with E-state index in [9.17, 15) is 9.18 Å². The van der Waals surface area contributed by atoms with Crippen molar-refractivity contribution in [3.05, 3.63) is 53.5 Å². The number of carboxylic acids is 1. The molecule has 0 saturated carbocycles. The van der Waals surface area contributed by atoms with E-state index < -0.39 is 11.8 Å². The van der Waals surface area contributed by atoms with Crippen LogP contribution in [0.3, 0.4) is 0 Å². The van der Waals surface area contributed by atoms with Crippen LogP contribution in [0.25, 0.3) is 0 Å². The number of ether oxygens (including phenoxy) is 1. The molecule has 2 aromatic rings. The van der Waals surface area contributed by atoms with Crippen LogP contribution < -0.4 is 4.74 Å². The Morgan fingerprint density at radius 3 is 2.68 bits per heavy atom. The molecule has 2 rings (SSSR count). The Hall–Kier alpha value is -2.94. The Morgan fingerprint density at radius 2 is 2.16 bits per heavy atom. The maximum absolute atomic E-state index is 13.3. The quantitative estimate of drug-likeness (QED) is 0.914. The third-order valence-corrected chi connectivity index (χ3v) is 2.27. The molecule has 0 aliphatic rings. The molecule has 19 heavy (non-hydrogen) atoms. The van der Waals surface area contributed by atoms with Gasteiger partial charge in [0, 0.05) is 18.3 Å². The second-order valence-electron chi connectivity index (χ2n) is 3.55. The fourth-order valence-electron chi connectivity index (χ4n) is 1.34. The normalized spacial score (nSPS) is 9.68. The number of hydrogen-bond donors (Lipinski definition) is 1. The zero-order valence-corrected chi connectivity index (χ0v) is 9.50. The zero-order chi connectivity index (χ0) is 13.8. The van der Waals surface area contributed by atoms with E-state index in [1.807, 2.05) is 0 Å². The molecule has 6 heteroatoms. The minimum atomic E-state index is -1.09. The lowest BCUT2D eigenvalue weighted by Crippen LogP contribution is -1.97. The highest BCUT2D eigenvalue weighted by Gasteiger charge is 2.06. The van der Waals surface area contributed by atoms with Crippen molar-refractivity contribution in [3.63, 3.8) is 0 Å². The summed E-state index contributed by atoms with van der Waals surface area (Å²) in [5.41, 5.74) is -0.0557. The first-order chi connectivity index (χ1) is 9.10. The molecule has 1 heterocycles. The smallest absolute Gasteiger partial charge is 0.337 e. The molecular formula is C13H7FN2O3. The number of aromatic nitrogens is 1. The molecule has 0 spiro atoms. The summed E-state index contributed by atoms with van der Waals surface area (Å²) in [6, 6.07) is 8.15. The summed E-state index contributed by atoms with van der Waals surface area (Å²) in [6.07, 6.45) is 1.14. The molecule has 0 fully saturated rings. The highest BCUT2D eigenvalue weighted by Crippen LogP contribution is 2.21. The number of nitriles is 1. The lowest BCUT2D eigenvalue weighted by molar-refractivity contribution is 0.0696. The van der Waals surface area contributed by atoms with Crippen LogP contribution in [0.2, 0.25) is 0 Å². The molecular weight excluding hydrogens is 251 g/mol. The van der Waals surface area contributed by atoms with Crippen molar-refractivity contribution in [1.29, 1.82) is 5.26 Å². The first-order valence-electron chi connectivity index (χ1n) is 5.17. The van der Waals surface area contributed by atoms with Crippen LogP contribution >= 0.6 is 0 Å². The third-order valence-electron chi connectivity index (χ3n) is 2.27. The van der Waals surface area contributed by atoms with Crippen LogP contribution in [0.4, 0.5) is 4.39 Å². The molecule has 0 aliphatic carbocycles. The summed E-state index contributed by atoms with van der Waals surface area (Å²) in [5, 5.41) is 17.3. The minimum absolute atomic E-state index is 0.0263. The summed E-state index contributed by atoms with van der Waals surface area (Å²) < 4.78 is 18.6. The van der Waals surface area contributed by atoms with Crippen LogP contribution in [0.15, 0.2) is 36.5 Å². The number of benzene rings is 1. The van der Waals surface area contributed by atoms with Gasteiger partial charge >= 0.3 is 5.97 Å². The van der Waals surface area contributed by atoms with Gasteiger partial charge in [0.25, 0.3) is 0 Å². The fraction of sp³-hybridized carbons (Fsp3) is 0. The van der Waals surface area contributed by atoms with E-state index in [4.69, 9.17) is 15.1 Å². The van der Waals surface area contributed by atoms with Crippen LogP contribution in [-0.2, 0) is 0 Å². The van der Waals surface area contributed by atoms with Gasteiger partial charge in [0.05, 0.1) is 11.1 Å². The van der Waals surface area contributed by atoms with Gasteiger partial charge in [-0.1, -0.05) is 0 Å². The second kappa shape index (κ2) is 5.14. The van der Waals surface area contributed by atoms with E-state index >= 15 is 0 Å². The van der Waals surface area contributed by atoms with Gasteiger partial charge in [0.15, 0.2) is 0 Å². The van der Waals surface area contributed by atoms with E-state index in [0.717, 1.165) is 12.3 Å². The number of aromatic carboxylic acids is 1. The summed E-state index contributed by atoms with van der Waals surface area (Å²) >= 11 is 0. The third kappa shape index (κ3) is 2.84. The largest absolute Gasteiger partial charge is 0.478 e. The van der Waals surface area contributed by atoms with Crippen molar-refractivity contribution < 1.29 is 19.0 Å². The maximum Gasteiger partial charge on any atom is 0.337 e. The molecule has 0 bridgehead atoms. The van der Waals surface area contributed by atoms with Gasteiger partial charge in [0.2, 0.25) is 5.88 Å². The Balaban J connectivity index is 2.19. The van der Waals surface area contributed by atoms with Crippen molar-refractivity contribution in [1.82, 2.24) is 4.98 Å². The molecule has 0 amide bonds. The van der Waals surface area contributed by atoms with Crippen LogP contribution in [0.5, 0.6) is 11.6 Å². The Labute approximate surface area is 107 Å². The number of halogens is 1. The minimum Gasteiger partial charge on any atom is -0.478 e. The van der Waals surface area contributed by atoms with Gasteiger partial charge in [-0.15, -0.1) is 0 Å². The van der Waals surface area contributed by atoms with Crippen LogP contribution in [0, 0.1) is 17.1 Å². The summed E-state index contributed by atoms with van der Waals surface area (Å²) in [5.74, 6) is -1.48. The number of pyridine rings is 1. The van der Waals surface area contributed by atoms with Gasteiger partial charge < -0.3 is 9.84 Å². The molecule has 1 aromatic heterocycles. The average molecular weight is 258 g/mol. The number of rotatable bonds is 3. The second-order valence-corrected chi connectivity index (χ2v) is 3.55. The van der Waals surface area contributed by atoms with Crippen molar-refractivity contribution in [2.75, 3.05) is 0 Å². The van der Waals surface area contributed by atoms with Gasteiger partial charge in [0.1, 0.15) is 17.6 Å². The van der Waals surface area contributed by atoms with E-state index in [2.05, 4.69) is 4.98 Å². The molecule has 5 nitrogen and oxygen atoms in total. The van der Waals surface area contributed by atoms with Gasteiger partial charge in [-0.05, 0) is 18.2 Å². The first kappa shape index (κ1) is 12.5. The monoisotopic (exact) mass is 258 g/mol. The molecule has 0 aliphatic heterocycles. The predicted octanol–water partition coefficient (Wildman–Crippen LogP) is 2.58. The molecule has 0 atom stereocenters. The highest BCUT2D eigenvalue weighted by atomic mass is 19.1. The summed E-state index contributed by atoms with van der Waals surface area (Å²) in [4.78, 5) is 14.4. The van der Waals surface area contributed by atoms with Crippen molar-refractivity contribution in [2.45, 2.75) is 0 Å². The number of carboxylic acid groups (broad SMARTS) is 1. The van der Waals surface area contributed by atoms with Crippen molar-refractivity contribution in [3.8, 4) is 17.7 Å². The molecule has 0 radical (unpaired) electrons. The predicted molar refractivity (Wildman–Crippen MR) is 62.4 cm³/mol. The number of nitrogens with zero attached hydrogens (tertiary/aromatic N) is 2. The lowest BCUT2D eigenvalue weighted by Gasteiger charge is -2.05. The van der Waals surface area contributed by atoms with E-state index in [-0.39, 0.29) is 22.8 Å². The van der Waals surface area contributed by atoms with Crippen LogP contribution in [-0.4, -0.2) is 16.1 Å². The number of hydrogen-bond acceptors (Lipinski definition) is 4. The van der Waals surface area contributed by atoms with E-state index in [1.54, 1.807) is 6.07 Å². The van der Waals surface area contributed by atoms with Crippen molar-refractivity contribution in [2.24, 2.45) is 0 Å². The Kier molecular flexibility index (Phi) is 3.39. The van der Waals surface area contributed by atoms with Gasteiger partial charge in [-0.3, -0.25) is 0 Å². The average Bonchev–Trinajstić information content (AvgIpc) is 2.39. The molecule has 0 unspecified atom stereocenters. The lowest BCUT2D eigenvalue weighted by atomic mass is 10.2. The molecule has 1 N–H and O–H groups in total. The van der Waals surface area contributed by atoms with Crippen LogP contribution in [0.1, 0.15) is 15.9 Å². The summed E-state index contributed by atoms with van der Waals surface area (Å²) in [7, 11) is 0. The van der Waals surface area contributed by atoms with Crippen molar-refractivity contribution >= 4 is 5.97 Å². The van der Waals surface area contributed by atoms with E-state index in [1.165, 1.54) is 24.3 Å². The molecule has 1 aromatic carbocycles. The maximum atomic E-state index is 13.3. The van der Waals surface area contributed by atoms with Gasteiger partial charge in [-0.2, -0.15) is 5.26 Å². The topological polar surface area (TPSA) is 83.2 Å². The fourth-order valence-corrected chi connectivity index (χ4v) is 1.34. The first-order valence-corrected chi connectivity index (χ1v) is 5.17. The highest BCUT2D eigenvalue weighted by molar-refractivity contribution is 5.87. The Bertz CT molecular complexity index is 663. The standard InChI is InChI=1S/C13H7FN2O3/c14-11-5-10(3-1-8(11)6-15)19-12-4-2-9(7-16-12)13(17)18/h1-5,7H,(H,17,18). The summed E-state index contributed by atoms with van der Waals surface area (Å²) in [6.45, 7) is 0. The van der Waals surface area contributed by atoms with Gasteiger partial charge in [-0.25, -0.2) is 14.2 Å². The van der Waals surface area contributed by atoms with E-state index in [0.29, 0.717) is 0 Å². The number of carbonyl (C=O) groups is 1. The Morgan fingerprint density at radius 1 is 1.37 bits per heavy atom. The molecule has 0 saturated heterocycles. The SMILES string of the molecule is N#Cc1ccc(Oc2ccc(C(=O)O)cn2)cc1F. The molecule has 94 valence electrons.